The van der Waals surface area contributed by atoms with E-state index in [9.17, 15) is 16.0 Å². The van der Waals surface area contributed by atoms with Crippen LogP contribution in [0.15, 0.2) is 500 Å². The van der Waals surface area contributed by atoms with Gasteiger partial charge >= 0.3 is 0 Å². The average molecular weight is 1880 g/mol. The molecule has 15 nitrogen and oxygen atoms in total. The van der Waals surface area contributed by atoms with Gasteiger partial charge in [-0.05, 0) is 102 Å². The first-order valence-electron chi connectivity index (χ1n) is 56.6. The number of nitrogens with two attached hydrogens (primary N) is 2. The molecule has 20 aromatic carbocycles. The zero-order chi connectivity index (χ0) is 114. The molecule has 27 aromatic rings. The summed E-state index contributed by atoms with van der Waals surface area (Å²) in [6.45, 7) is 8.60. The van der Waals surface area contributed by atoms with Crippen LogP contribution in [0.5, 0.6) is 0 Å². The third-order valence-electron chi connectivity index (χ3n) is 27.0. The van der Waals surface area contributed by atoms with Crippen LogP contribution in [0.1, 0.15) is 71.9 Å². The van der Waals surface area contributed by atoms with Gasteiger partial charge in [-0.2, -0.15) is 10.5 Å². The van der Waals surface area contributed by atoms with Gasteiger partial charge in [-0.25, -0.2) is 20.0 Å². The van der Waals surface area contributed by atoms with Gasteiger partial charge in [0.05, 0.1) is 167 Å². The Bertz CT molecular complexity index is 11200. The quantitative estimate of drug-likeness (QED) is 0.0765. The third kappa shape index (κ3) is 13.7. The summed E-state index contributed by atoms with van der Waals surface area (Å²) in [6.07, 6.45) is 0. The van der Waals surface area contributed by atoms with E-state index >= 15 is 0 Å². The highest BCUT2D eigenvalue weighted by Crippen LogP contribution is 2.52. The van der Waals surface area contributed by atoms with Crippen LogP contribution in [-0.4, -0.2) is 55.3 Å². The van der Waals surface area contributed by atoms with Crippen molar-refractivity contribution in [1.82, 2.24) is 32.0 Å². The Labute approximate surface area is 860 Å². The van der Waals surface area contributed by atoms with E-state index in [-0.39, 0.29) is 67.8 Å². The van der Waals surface area contributed by atoms with Gasteiger partial charge in [-0.1, -0.05) is 389 Å². The second-order valence-electron chi connectivity index (χ2n) is 34.7. The van der Waals surface area contributed by atoms with Gasteiger partial charge < -0.3 is 43.4 Å². The summed E-state index contributed by atoms with van der Waals surface area (Å²) in [5.41, 5.74) is 24.7. The van der Waals surface area contributed by atoms with E-state index in [0.29, 0.717) is 61.5 Å². The van der Waals surface area contributed by atoms with Crippen molar-refractivity contribution >= 4 is 187 Å². The van der Waals surface area contributed by atoms with Crippen LogP contribution < -0.4 is 11.5 Å². The first kappa shape index (κ1) is 66.3. The molecule has 145 heavy (non-hydrogen) atoms. The zero-order valence-corrected chi connectivity index (χ0v) is 76.8. The number of hydrogen-bond donors (Lipinski definition) is 2. The summed E-state index contributed by atoms with van der Waals surface area (Å²) < 4.78 is 192. The van der Waals surface area contributed by atoms with Crippen molar-refractivity contribution in [3.63, 3.8) is 0 Å². The summed E-state index contributed by atoms with van der Waals surface area (Å²) in [6, 6.07) is 105. The number of benzene rings is 20. The molecule has 0 spiro atoms. The Kier molecular flexibility index (Phi) is 16.0. The number of para-hydroxylation sites is 14. The maximum absolute atomic E-state index is 13.0. The molecule has 0 saturated heterocycles. The maximum Gasteiger partial charge on any atom is 0.166 e. The van der Waals surface area contributed by atoms with Crippen LogP contribution in [0.25, 0.3) is 204 Å². The number of amidine groups is 4. The standard InChI is InChI=1S/C71H46N8.C59H39N7/c1-45(46-24-4-2-5-25-46)74-71(75-70(73)47-26-6-3-7-27-47)65-66(76-57-36-16-8-28-48(57)49-29-9-17-37-58(49)76)56(44-72)67(77-59-38-18-10-30-50(59)51-31-11-19-39-60(51)77)69(79-63-42-22-14-34-54(63)55-35-15-23-43-64(55)79)68(65)78-61-40-20-12-32-52(61)53-33-13-21-41-62(53)78;1-38(39-20-4-2-5-21-39)62-59(63-58(61)40-22-6-3-7-23-40)56-55(65-50-32-16-10-26-43(50)44-27-11-17-33-51(44)65)36-54(64-48-30-14-8-24-41(48)42-25-9-15-31-49(42)64)47(37-60)57(56)66-52-34-18-12-28-45(52)46-29-13-19-35-53(46)66/h2-43H,1H2,(H2,73,74,75);2-36H,1H2,(H2,61,62,63)/i2D,3D,4D,5D,6D,7D,24D,25D,26D,27D;2D,3D,4D,5D,6D,7D,20D,21D,22D,23D. The molecule has 0 unspecified atom stereocenters. The molecule has 4 N–H and O–H groups in total. The van der Waals surface area contributed by atoms with Crippen LogP contribution in [0, 0.1) is 22.7 Å². The van der Waals surface area contributed by atoms with Crippen LogP contribution in [0.3, 0.4) is 0 Å². The summed E-state index contributed by atoms with van der Waals surface area (Å²) in [4.78, 5) is 20.6. The molecular formula is C130H85N15. The third-order valence-corrected chi connectivity index (χ3v) is 27.0. The van der Waals surface area contributed by atoms with Crippen molar-refractivity contribution in [1.29, 1.82) is 10.5 Å². The normalized spacial score (nSPS) is 14.2. The molecule has 0 aliphatic rings. The van der Waals surface area contributed by atoms with Crippen molar-refractivity contribution < 1.29 is 27.4 Å². The Balaban J connectivity index is 0.000000164. The Hall–Kier alpha value is -20.3. The minimum atomic E-state index is -0.686. The van der Waals surface area contributed by atoms with Crippen LogP contribution in [0.4, 0.5) is 0 Å². The van der Waals surface area contributed by atoms with E-state index in [0.717, 1.165) is 120 Å². The van der Waals surface area contributed by atoms with Crippen molar-refractivity contribution in [3.8, 4) is 52.0 Å². The Morgan fingerprint density at radius 1 is 0.221 bits per heavy atom. The predicted octanol–water partition coefficient (Wildman–Crippen LogP) is 30.4. The minimum absolute atomic E-state index is 0.0739. The van der Waals surface area contributed by atoms with Crippen molar-refractivity contribution in [2.75, 3.05) is 0 Å². The smallest absolute Gasteiger partial charge is 0.166 e. The fourth-order valence-corrected chi connectivity index (χ4v) is 21.1. The number of rotatable bonds is 15. The highest BCUT2D eigenvalue weighted by atomic mass is 15.2. The number of nitriles is 2. The van der Waals surface area contributed by atoms with Gasteiger partial charge in [-0.15, -0.1) is 0 Å². The number of fused-ring (bicyclic) bond motifs is 21. The molecule has 0 bridgehead atoms. The topological polar surface area (TPSA) is 184 Å². The molecule has 680 valence electrons. The van der Waals surface area contributed by atoms with Crippen LogP contribution in [0.2, 0.25) is 0 Å². The molecule has 7 aromatic heterocycles. The number of nitrogens with zero attached hydrogens (tertiary/aromatic N) is 13. The van der Waals surface area contributed by atoms with Crippen molar-refractivity contribution in [2.24, 2.45) is 31.4 Å². The lowest BCUT2D eigenvalue weighted by Gasteiger charge is -2.29. The Morgan fingerprint density at radius 3 is 0.676 bits per heavy atom. The van der Waals surface area contributed by atoms with Gasteiger partial charge in [0.2, 0.25) is 0 Å². The highest BCUT2D eigenvalue weighted by molar-refractivity contribution is 6.25. The Morgan fingerprint density at radius 2 is 0.421 bits per heavy atom. The lowest BCUT2D eigenvalue weighted by atomic mass is 9.96. The van der Waals surface area contributed by atoms with Gasteiger partial charge in [0.15, 0.2) is 11.7 Å². The summed E-state index contributed by atoms with van der Waals surface area (Å²) >= 11 is 0. The summed E-state index contributed by atoms with van der Waals surface area (Å²) in [5.74, 6) is -1.90. The molecule has 0 aliphatic carbocycles. The number of aromatic nitrogens is 7. The van der Waals surface area contributed by atoms with Gasteiger partial charge in [0, 0.05) is 86.5 Å². The van der Waals surface area contributed by atoms with E-state index in [1.165, 1.54) is 0 Å². The molecule has 0 amide bonds. The lowest BCUT2D eigenvalue weighted by molar-refractivity contribution is 1.02. The second kappa shape index (κ2) is 35.0. The average Bonchev–Trinajstić information content (AvgIpc) is 1.53. The van der Waals surface area contributed by atoms with E-state index < -0.39 is 144 Å². The van der Waals surface area contributed by atoms with E-state index in [1.807, 2.05) is 335 Å². The first-order chi connectivity index (χ1) is 79.9. The monoisotopic (exact) mass is 1880 g/mol. The van der Waals surface area contributed by atoms with Gasteiger partial charge in [0.1, 0.15) is 34.9 Å². The maximum atomic E-state index is 13.0. The largest absolute Gasteiger partial charge is 0.383 e. The number of aliphatic imine (C=N–C) groups is 4. The zero-order valence-electron chi connectivity index (χ0n) is 96.8. The summed E-state index contributed by atoms with van der Waals surface area (Å²) in [7, 11) is 0. The fraction of sp³-hybridized carbons (Fsp3) is 0. The number of hydrogen-bond acceptors (Lipinski definition) is 4. The molecule has 7 heterocycles. The lowest BCUT2D eigenvalue weighted by Crippen LogP contribution is -2.22. The molecule has 0 fully saturated rings. The molecule has 27 rings (SSSR count). The van der Waals surface area contributed by atoms with Crippen molar-refractivity contribution in [3.05, 3.63) is 524 Å². The fourth-order valence-electron chi connectivity index (χ4n) is 21.1. The van der Waals surface area contributed by atoms with Gasteiger partial charge in [0.25, 0.3) is 0 Å². The van der Waals surface area contributed by atoms with Crippen LogP contribution in [-0.2, 0) is 0 Å². The van der Waals surface area contributed by atoms with Gasteiger partial charge in [-0.3, -0.25) is 0 Å². The molecule has 0 aliphatic heterocycles. The summed E-state index contributed by atoms with van der Waals surface area (Å²) in [5, 5.41) is 37.3. The van der Waals surface area contributed by atoms with Crippen LogP contribution >= 0.6 is 0 Å². The molecule has 0 radical (unpaired) electrons. The SMILES string of the molecule is [2H]c1c([2H])c([2H])c(C(=C)N=C(N=C(N)c2c([2H])c([2H])c([2H])c([2H])c2[2H])c2c(-n3c4ccccc4c4ccccc43)c(C#N)c(-n3c4ccccc4c4ccccc43)c(-n3c4ccccc4c4ccccc43)c2-n2c3ccccc3c3ccccc32)c([2H])c1[2H].[2H]c1c([2H])c([2H])c(C(=C)N=C(N=C(N)c2c([2H])c([2H])c([2H])c([2H])c2[2H])c2c(-n3c4ccccc4c4ccccc43)cc(-n3c4ccccc4c4ccccc43)c(C#N)c2-n2c3ccccc3c3ccccc32)c([2H])c1[2H]. The molecule has 15 heteroatoms. The molecule has 0 atom stereocenters. The van der Waals surface area contributed by atoms with E-state index in [2.05, 4.69) is 67.8 Å². The minimum Gasteiger partial charge on any atom is -0.383 e. The first-order valence-corrected chi connectivity index (χ1v) is 46.6. The molecule has 0 saturated carbocycles. The van der Waals surface area contributed by atoms with E-state index in [1.54, 1.807) is 0 Å². The highest BCUT2D eigenvalue weighted by Gasteiger charge is 2.38. The van der Waals surface area contributed by atoms with Crippen molar-refractivity contribution in [2.45, 2.75) is 0 Å². The second-order valence-corrected chi connectivity index (χ2v) is 34.7. The van der Waals surface area contributed by atoms with E-state index in [4.69, 9.17) is 53.4 Å². The predicted molar refractivity (Wildman–Crippen MR) is 601 cm³/mol. The molecular weight excluding hydrogens is 1770 g/mol.